The van der Waals surface area contributed by atoms with Gasteiger partial charge in [0.2, 0.25) is 0 Å². The van der Waals surface area contributed by atoms with Crippen LogP contribution in [0.5, 0.6) is 5.75 Å². The lowest BCUT2D eigenvalue weighted by molar-refractivity contribution is -0.131. The van der Waals surface area contributed by atoms with E-state index in [-0.39, 0.29) is 11.4 Å². The first kappa shape index (κ1) is 15.2. The summed E-state index contributed by atoms with van der Waals surface area (Å²) in [6.07, 6.45) is 4.48. The molecular weight excluding hydrogens is 296 g/mol. The molecule has 0 fully saturated rings. The van der Waals surface area contributed by atoms with E-state index in [4.69, 9.17) is 4.74 Å². The van der Waals surface area contributed by atoms with Crippen LogP contribution in [0.1, 0.15) is 48.9 Å². The Bertz CT molecular complexity index is 862. The second-order valence-electron chi connectivity index (χ2n) is 7.39. The number of hydrogen-bond acceptors (Lipinski definition) is 2. The summed E-state index contributed by atoms with van der Waals surface area (Å²) < 4.78 is 5.31. The highest BCUT2D eigenvalue weighted by Gasteiger charge is 2.40. The molecule has 0 N–H and O–H groups in total. The molecule has 0 heterocycles. The van der Waals surface area contributed by atoms with Gasteiger partial charge >= 0.3 is 5.97 Å². The molecule has 2 nitrogen and oxygen atoms in total. The average molecular weight is 318 g/mol. The lowest BCUT2D eigenvalue weighted by Crippen LogP contribution is -2.18. The number of fused-ring (bicyclic) bond motifs is 4. The number of allylic oxidation sites excluding steroid dienone is 2. The number of esters is 1. The van der Waals surface area contributed by atoms with E-state index >= 15 is 0 Å². The van der Waals surface area contributed by atoms with Gasteiger partial charge in [0.25, 0.3) is 0 Å². The molecule has 4 rings (SSSR count). The number of ether oxygens (including phenoxy) is 1. The van der Waals surface area contributed by atoms with Gasteiger partial charge in [-0.1, -0.05) is 50.3 Å². The molecule has 0 saturated heterocycles. The van der Waals surface area contributed by atoms with Crippen LogP contribution < -0.4 is 4.74 Å². The molecule has 2 atom stereocenters. The first-order valence-corrected chi connectivity index (χ1v) is 8.58. The number of carbonyl (C=O) groups excluding carboxylic acids is 1. The minimum atomic E-state index is -0.269. The molecule has 122 valence electrons. The van der Waals surface area contributed by atoms with E-state index in [1.165, 1.54) is 34.8 Å². The normalized spacial score (nSPS) is 24.3. The van der Waals surface area contributed by atoms with Crippen LogP contribution in [0.3, 0.4) is 0 Å². The lowest BCUT2D eigenvalue weighted by Gasteiger charge is -2.26. The summed E-state index contributed by atoms with van der Waals surface area (Å²) in [5.74, 6) is 0.736. The summed E-state index contributed by atoms with van der Waals surface area (Å²) in [5.41, 5.74) is 7.06. The van der Waals surface area contributed by atoms with Crippen molar-refractivity contribution in [3.63, 3.8) is 0 Å². The van der Waals surface area contributed by atoms with Gasteiger partial charge < -0.3 is 4.74 Å². The molecule has 0 radical (unpaired) electrons. The molecule has 0 saturated carbocycles. The fourth-order valence-corrected chi connectivity index (χ4v) is 4.40. The highest BCUT2D eigenvalue weighted by Crippen LogP contribution is 2.52. The van der Waals surface area contributed by atoms with Crippen molar-refractivity contribution in [3.8, 4) is 5.75 Å². The molecule has 2 unspecified atom stereocenters. The third-order valence-corrected chi connectivity index (χ3v) is 5.40. The molecule has 2 aromatic carbocycles. The Balaban J connectivity index is 1.81. The van der Waals surface area contributed by atoms with E-state index in [9.17, 15) is 4.79 Å². The monoisotopic (exact) mass is 318 g/mol. The summed E-state index contributed by atoms with van der Waals surface area (Å²) in [6.45, 7) is 6.06. The van der Waals surface area contributed by atoms with E-state index in [2.05, 4.69) is 56.3 Å². The predicted octanol–water partition coefficient (Wildman–Crippen LogP) is 4.92. The largest absolute Gasteiger partial charge is 0.427 e. The molecule has 0 aromatic heterocycles. The smallest absolute Gasteiger partial charge is 0.308 e. The van der Waals surface area contributed by atoms with Gasteiger partial charge in [-0.2, -0.15) is 0 Å². The van der Waals surface area contributed by atoms with Crippen LogP contribution in [0.4, 0.5) is 0 Å². The predicted molar refractivity (Wildman–Crippen MR) is 96.1 cm³/mol. The highest BCUT2D eigenvalue weighted by atomic mass is 16.5. The van der Waals surface area contributed by atoms with Crippen molar-refractivity contribution in [2.75, 3.05) is 0 Å². The summed E-state index contributed by atoms with van der Waals surface area (Å²) in [7, 11) is 0. The van der Waals surface area contributed by atoms with Crippen LogP contribution >= 0.6 is 0 Å². The van der Waals surface area contributed by atoms with Gasteiger partial charge in [0.1, 0.15) is 5.75 Å². The molecular formula is C22H22O2. The third-order valence-electron chi connectivity index (χ3n) is 5.40. The topological polar surface area (TPSA) is 26.3 Å². The van der Waals surface area contributed by atoms with Crippen LogP contribution in [-0.2, 0) is 17.6 Å². The fourth-order valence-electron chi connectivity index (χ4n) is 4.40. The van der Waals surface area contributed by atoms with Crippen molar-refractivity contribution in [1.29, 1.82) is 0 Å². The molecule has 2 aliphatic carbocycles. The number of benzene rings is 2. The lowest BCUT2D eigenvalue weighted by atomic mass is 9.78. The Kier molecular flexibility index (Phi) is 3.38. The zero-order valence-electron chi connectivity index (χ0n) is 14.4. The Labute approximate surface area is 143 Å². The molecule has 0 amide bonds. The van der Waals surface area contributed by atoms with E-state index < -0.39 is 0 Å². The average Bonchev–Trinajstić information content (AvgIpc) is 2.73. The van der Waals surface area contributed by atoms with E-state index in [0.29, 0.717) is 11.7 Å². The Hall–Kier alpha value is -2.35. The van der Waals surface area contributed by atoms with Crippen molar-refractivity contribution in [3.05, 3.63) is 70.8 Å². The van der Waals surface area contributed by atoms with E-state index in [0.717, 1.165) is 12.8 Å². The summed E-state index contributed by atoms with van der Waals surface area (Å²) in [6, 6.07) is 14.8. The minimum absolute atomic E-state index is 0.109. The molecule has 2 aliphatic rings. The van der Waals surface area contributed by atoms with Crippen molar-refractivity contribution >= 4 is 11.5 Å². The minimum Gasteiger partial charge on any atom is -0.427 e. The van der Waals surface area contributed by atoms with Crippen molar-refractivity contribution in [1.82, 2.24) is 0 Å². The number of carbonyl (C=O) groups is 1. The van der Waals surface area contributed by atoms with Gasteiger partial charge in [-0.3, -0.25) is 4.79 Å². The summed E-state index contributed by atoms with van der Waals surface area (Å²) in [4.78, 5) is 11.3. The van der Waals surface area contributed by atoms with Gasteiger partial charge in [-0.25, -0.2) is 0 Å². The van der Waals surface area contributed by atoms with Crippen LogP contribution in [-0.4, -0.2) is 5.97 Å². The molecule has 2 heteroatoms. The second kappa shape index (κ2) is 5.34. The standard InChI is InChI=1S/C22H22O2/c1-14-10-21-20-7-5-4-6-16(20)12-22(21,3)13-17-11-18(24-15(2)23)8-9-19(14)17/h4-11,14H,12-13H2,1-3H3. The molecule has 24 heavy (non-hydrogen) atoms. The Morgan fingerprint density at radius 3 is 2.67 bits per heavy atom. The fraction of sp³-hybridized carbons (Fsp3) is 0.318. The highest BCUT2D eigenvalue weighted by molar-refractivity contribution is 5.79. The Morgan fingerprint density at radius 2 is 1.88 bits per heavy atom. The van der Waals surface area contributed by atoms with Crippen LogP contribution in [0.25, 0.3) is 5.57 Å². The van der Waals surface area contributed by atoms with E-state index in [1.54, 1.807) is 0 Å². The zero-order chi connectivity index (χ0) is 16.9. The first-order valence-electron chi connectivity index (χ1n) is 8.58. The van der Waals surface area contributed by atoms with Crippen LogP contribution in [0, 0.1) is 5.41 Å². The number of rotatable bonds is 1. The van der Waals surface area contributed by atoms with Gasteiger partial charge in [0, 0.05) is 12.3 Å². The first-order chi connectivity index (χ1) is 11.5. The van der Waals surface area contributed by atoms with Crippen LogP contribution in [0.15, 0.2) is 48.5 Å². The molecule has 0 bridgehead atoms. The molecule has 2 aromatic rings. The molecule has 0 spiro atoms. The maximum Gasteiger partial charge on any atom is 0.308 e. The summed E-state index contributed by atoms with van der Waals surface area (Å²) >= 11 is 0. The summed E-state index contributed by atoms with van der Waals surface area (Å²) in [5, 5.41) is 0. The Morgan fingerprint density at radius 1 is 1.12 bits per heavy atom. The van der Waals surface area contributed by atoms with Crippen molar-refractivity contribution in [2.45, 2.75) is 39.5 Å². The van der Waals surface area contributed by atoms with Crippen molar-refractivity contribution < 1.29 is 9.53 Å². The SMILES string of the molecule is CC(=O)Oc1ccc2c(c1)CC1(C)Cc3ccccc3C1=CC2C. The van der Waals surface area contributed by atoms with Gasteiger partial charge in [-0.15, -0.1) is 0 Å². The van der Waals surface area contributed by atoms with Gasteiger partial charge in [0.05, 0.1) is 0 Å². The maximum atomic E-state index is 11.3. The maximum absolute atomic E-state index is 11.3. The second-order valence-corrected chi connectivity index (χ2v) is 7.39. The van der Waals surface area contributed by atoms with Gasteiger partial charge in [-0.05, 0) is 58.7 Å². The van der Waals surface area contributed by atoms with Crippen LogP contribution in [0.2, 0.25) is 0 Å². The number of hydrogen-bond donors (Lipinski definition) is 0. The van der Waals surface area contributed by atoms with E-state index in [1.807, 2.05) is 6.07 Å². The zero-order valence-corrected chi connectivity index (χ0v) is 14.4. The molecule has 0 aliphatic heterocycles. The quantitative estimate of drug-likeness (QED) is 0.551. The van der Waals surface area contributed by atoms with Gasteiger partial charge in [0.15, 0.2) is 0 Å². The van der Waals surface area contributed by atoms with Crippen molar-refractivity contribution in [2.24, 2.45) is 5.41 Å². The third kappa shape index (κ3) is 2.37.